The van der Waals surface area contributed by atoms with Crippen LogP contribution in [-0.2, 0) is 0 Å². The van der Waals surface area contributed by atoms with E-state index in [0.717, 1.165) is 31.2 Å². The van der Waals surface area contributed by atoms with Crippen LogP contribution >= 0.6 is 0 Å². The van der Waals surface area contributed by atoms with E-state index in [9.17, 15) is 10.1 Å². The summed E-state index contributed by atoms with van der Waals surface area (Å²) in [6.07, 6.45) is 5.54. The predicted molar refractivity (Wildman–Crippen MR) is 77.3 cm³/mol. The second kappa shape index (κ2) is 5.92. The highest BCUT2D eigenvalue weighted by Gasteiger charge is 2.25. The fraction of sp³-hybridized carbons (Fsp3) is 0.467. The van der Waals surface area contributed by atoms with E-state index in [2.05, 4.69) is 26.8 Å². The van der Waals surface area contributed by atoms with Crippen LogP contribution in [-0.4, -0.2) is 27.4 Å². The summed E-state index contributed by atoms with van der Waals surface area (Å²) in [5, 5.41) is 22.6. The van der Waals surface area contributed by atoms with E-state index in [0.29, 0.717) is 11.1 Å². The van der Waals surface area contributed by atoms with Crippen molar-refractivity contribution in [2.75, 3.05) is 0 Å². The standard InChI is InChI=1S/C15H17N5O/c16-9-14(10-4-2-1-3-5-10)17-15(21)11-6-7-12-13(8-11)19-20-18-12/h6-8,10,14H,1-5H2,(H,17,21)(H,18,19,20)/t14-/m1/s1. The van der Waals surface area contributed by atoms with E-state index in [-0.39, 0.29) is 11.8 Å². The number of rotatable bonds is 3. The smallest absolute Gasteiger partial charge is 0.252 e. The summed E-state index contributed by atoms with van der Waals surface area (Å²) in [6, 6.07) is 6.96. The average molecular weight is 283 g/mol. The third-order valence-corrected chi connectivity index (χ3v) is 4.13. The van der Waals surface area contributed by atoms with Crippen molar-refractivity contribution >= 4 is 16.9 Å². The molecule has 2 aromatic rings. The first-order chi connectivity index (χ1) is 10.3. The molecule has 0 saturated heterocycles. The van der Waals surface area contributed by atoms with Crippen LogP contribution in [0.3, 0.4) is 0 Å². The normalized spacial score (nSPS) is 17.3. The number of fused-ring (bicyclic) bond motifs is 1. The first-order valence-electron chi connectivity index (χ1n) is 7.29. The number of nitrogens with one attached hydrogen (secondary N) is 2. The Morgan fingerprint density at radius 2 is 2.05 bits per heavy atom. The van der Waals surface area contributed by atoms with Crippen molar-refractivity contribution < 1.29 is 4.79 Å². The lowest BCUT2D eigenvalue weighted by Crippen LogP contribution is -2.40. The molecule has 6 nitrogen and oxygen atoms in total. The van der Waals surface area contributed by atoms with Crippen LogP contribution in [0.15, 0.2) is 18.2 Å². The molecule has 1 heterocycles. The Hall–Kier alpha value is -2.42. The van der Waals surface area contributed by atoms with Gasteiger partial charge < -0.3 is 5.32 Å². The van der Waals surface area contributed by atoms with Crippen LogP contribution in [0.5, 0.6) is 0 Å². The second-order valence-electron chi connectivity index (χ2n) is 5.51. The lowest BCUT2D eigenvalue weighted by atomic mass is 9.84. The summed E-state index contributed by atoms with van der Waals surface area (Å²) in [5.41, 5.74) is 1.87. The molecule has 1 saturated carbocycles. The summed E-state index contributed by atoms with van der Waals surface area (Å²) in [5.74, 6) is 0.0421. The van der Waals surface area contributed by atoms with Gasteiger partial charge in [0.05, 0.1) is 6.07 Å². The number of nitrogens with zero attached hydrogens (tertiary/aromatic N) is 3. The highest BCUT2D eigenvalue weighted by Crippen LogP contribution is 2.26. The van der Waals surface area contributed by atoms with Crippen LogP contribution in [0.2, 0.25) is 0 Å². The first kappa shape index (κ1) is 13.6. The van der Waals surface area contributed by atoms with Gasteiger partial charge in [-0.3, -0.25) is 4.79 Å². The number of aromatic nitrogens is 3. The van der Waals surface area contributed by atoms with Crippen LogP contribution in [0.4, 0.5) is 0 Å². The van der Waals surface area contributed by atoms with Crippen molar-refractivity contribution in [3.63, 3.8) is 0 Å². The maximum absolute atomic E-state index is 12.3. The maximum Gasteiger partial charge on any atom is 0.252 e. The van der Waals surface area contributed by atoms with Gasteiger partial charge in [0.25, 0.3) is 5.91 Å². The molecule has 1 aromatic carbocycles. The average Bonchev–Trinajstić information content (AvgIpc) is 3.00. The molecule has 6 heteroatoms. The number of H-pyrrole nitrogens is 1. The van der Waals surface area contributed by atoms with Gasteiger partial charge in [-0.15, -0.1) is 0 Å². The van der Waals surface area contributed by atoms with Gasteiger partial charge in [-0.05, 0) is 37.0 Å². The molecule has 2 N–H and O–H groups in total. The summed E-state index contributed by atoms with van der Waals surface area (Å²) in [4.78, 5) is 12.3. The zero-order chi connectivity index (χ0) is 14.7. The molecule has 3 rings (SSSR count). The van der Waals surface area contributed by atoms with Crippen molar-refractivity contribution in [3.8, 4) is 6.07 Å². The number of carbonyl (C=O) groups excluding carboxylic acids is 1. The molecule has 108 valence electrons. The molecule has 1 fully saturated rings. The number of carbonyl (C=O) groups is 1. The van der Waals surface area contributed by atoms with Crippen molar-refractivity contribution in [2.24, 2.45) is 5.92 Å². The topological polar surface area (TPSA) is 94.5 Å². The predicted octanol–water partition coefficient (Wildman–Crippen LogP) is 2.16. The van der Waals surface area contributed by atoms with Crippen molar-refractivity contribution in [3.05, 3.63) is 23.8 Å². The molecule has 0 radical (unpaired) electrons. The summed E-state index contributed by atoms with van der Waals surface area (Å²) < 4.78 is 0. The van der Waals surface area contributed by atoms with Crippen LogP contribution in [0, 0.1) is 17.2 Å². The van der Waals surface area contributed by atoms with Gasteiger partial charge in [0.1, 0.15) is 17.1 Å². The van der Waals surface area contributed by atoms with E-state index in [4.69, 9.17) is 0 Å². The van der Waals surface area contributed by atoms with E-state index in [1.807, 2.05) is 0 Å². The monoisotopic (exact) mass is 283 g/mol. The van der Waals surface area contributed by atoms with Gasteiger partial charge >= 0.3 is 0 Å². The minimum atomic E-state index is -0.411. The lowest BCUT2D eigenvalue weighted by Gasteiger charge is -2.26. The maximum atomic E-state index is 12.3. The van der Waals surface area contributed by atoms with Gasteiger partial charge in [0.2, 0.25) is 0 Å². The Bertz CT molecular complexity index is 681. The molecular formula is C15H17N5O. The number of nitriles is 1. The summed E-state index contributed by atoms with van der Waals surface area (Å²) in [6.45, 7) is 0. The lowest BCUT2D eigenvalue weighted by molar-refractivity contribution is 0.0929. The molecule has 1 amide bonds. The highest BCUT2D eigenvalue weighted by atomic mass is 16.1. The number of benzene rings is 1. The number of aromatic amines is 1. The number of hydrogen-bond acceptors (Lipinski definition) is 4. The largest absolute Gasteiger partial charge is 0.336 e. The molecular weight excluding hydrogens is 266 g/mol. The Labute approximate surface area is 122 Å². The molecule has 1 aliphatic rings. The van der Waals surface area contributed by atoms with Gasteiger partial charge in [-0.25, -0.2) is 0 Å². The summed E-state index contributed by atoms with van der Waals surface area (Å²) >= 11 is 0. The molecule has 0 unspecified atom stereocenters. The van der Waals surface area contributed by atoms with E-state index in [1.54, 1.807) is 18.2 Å². The third-order valence-electron chi connectivity index (χ3n) is 4.13. The Balaban J connectivity index is 1.73. The Kier molecular flexibility index (Phi) is 3.82. The van der Waals surface area contributed by atoms with E-state index < -0.39 is 6.04 Å². The zero-order valence-electron chi connectivity index (χ0n) is 11.7. The van der Waals surface area contributed by atoms with E-state index >= 15 is 0 Å². The molecule has 0 spiro atoms. The van der Waals surface area contributed by atoms with Crippen LogP contribution in [0.25, 0.3) is 11.0 Å². The third kappa shape index (κ3) is 2.87. The molecule has 0 bridgehead atoms. The quantitative estimate of drug-likeness (QED) is 0.902. The first-order valence-corrected chi connectivity index (χ1v) is 7.29. The highest BCUT2D eigenvalue weighted by molar-refractivity contribution is 5.97. The molecule has 21 heavy (non-hydrogen) atoms. The SMILES string of the molecule is N#C[C@@H](NC(=O)c1ccc2n[nH]nc2c1)C1CCCCC1. The summed E-state index contributed by atoms with van der Waals surface area (Å²) in [7, 11) is 0. The molecule has 1 aliphatic carbocycles. The van der Waals surface area contributed by atoms with Crippen molar-refractivity contribution in [2.45, 2.75) is 38.1 Å². The van der Waals surface area contributed by atoms with E-state index in [1.165, 1.54) is 6.42 Å². The minimum Gasteiger partial charge on any atom is -0.336 e. The molecule has 0 aliphatic heterocycles. The second-order valence-corrected chi connectivity index (χ2v) is 5.51. The van der Waals surface area contributed by atoms with Crippen LogP contribution in [0.1, 0.15) is 42.5 Å². The van der Waals surface area contributed by atoms with Gasteiger partial charge in [-0.2, -0.15) is 20.7 Å². The van der Waals surface area contributed by atoms with Gasteiger partial charge in [0, 0.05) is 5.56 Å². The number of hydrogen-bond donors (Lipinski definition) is 2. The zero-order valence-corrected chi connectivity index (χ0v) is 11.7. The fourth-order valence-corrected chi connectivity index (χ4v) is 2.93. The van der Waals surface area contributed by atoms with Crippen molar-refractivity contribution in [1.29, 1.82) is 5.26 Å². The van der Waals surface area contributed by atoms with Crippen molar-refractivity contribution in [1.82, 2.24) is 20.7 Å². The molecule has 1 atom stereocenters. The van der Waals surface area contributed by atoms with Crippen LogP contribution < -0.4 is 5.32 Å². The Morgan fingerprint density at radius 1 is 1.29 bits per heavy atom. The van der Waals surface area contributed by atoms with Gasteiger partial charge in [0.15, 0.2) is 0 Å². The fourth-order valence-electron chi connectivity index (χ4n) is 2.93. The minimum absolute atomic E-state index is 0.225. The Morgan fingerprint density at radius 3 is 2.81 bits per heavy atom. The molecule has 1 aromatic heterocycles. The van der Waals surface area contributed by atoms with Gasteiger partial charge in [-0.1, -0.05) is 19.3 Å². The number of amides is 1.